The molecular weight excluding hydrogens is 263 g/mol. The molecule has 1 aromatic carbocycles. The van der Waals surface area contributed by atoms with Gasteiger partial charge >= 0.3 is 0 Å². The molecule has 12 heavy (non-hydrogen) atoms. The summed E-state index contributed by atoms with van der Waals surface area (Å²) in [7, 11) is 0. The quantitative estimate of drug-likeness (QED) is 0.660. The minimum atomic E-state index is 1.02. The van der Waals surface area contributed by atoms with Crippen LogP contribution in [0, 0.1) is 0 Å². The Morgan fingerprint density at radius 3 is 2.92 bits per heavy atom. The van der Waals surface area contributed by atoms with Crippen molar-refractivity contribution in [2.75, 3.05) is 4.43 Å². The highest BCUT2D eigenvalue weighted by Gasteiger charge is 1.99. The number of aromatic nitrogens is 2. The molecule has 0 saturated carbocycles. The number of rotatable bonds is 2. The number of nitrogens with one attached hydrogen (secondary N) is 1. The minimum Gasteiger partial charge on any atom is -0.342 e. The maximum Gasteiger partial charge on any atom is 0.107 e. The summed E-state index contributed by atoms with van der Waals surface area (Å²) in [6, 6.07) is 8.12. The van der Waals surface area contributed by atoms with Crippen molar-refractivity contribution in [3.63, 3.8) is 0 Å². The highest BCUT2D eigenvalue weighted by molar-refractivity contribution is 14.1. The van der Waals surface area contributed by atoms with Gasteiger partial charge in [0.05, 0.1) is 11.0 Å². The lowest BCUT2D eigenvalue weighted by molar-refractivity contribution is 1.02. The van der Waals surface area contributed by atoms with Crippen LogP contribution in [-0.4, -0.2) is 14.4 Å². The van der Waals surface area contributed by atoms with Crippen molar-refractivity contribution < 1.29 is 0 Å². The number of hydrogen-bond acceptors (Lipinski definition) is 1. The smallest absolute Gasteiger partial charge is 0.107 e. The van der Waals surface area contributed by atoms with Gasteiger partial charge in [-0.2, -0.15) is 0 Å². The molecule has 0 unspecified atom stereocenters. The maximum atomic E-state index is 4.44. The SMILES string of the molecule is ICCc1nc2ccccc2[nH]1. The van der Waals surface area contributed by atoms with E-state index in [1.807, 2.05) is 18.2 Å². The number of alkyl halides is 1. The standard InChI is InChI=1S/C9H9IN2/c10-6-5-9-11-7-3-1-2-4-8(7)12-9/h1-4H,5-6H2,(H,11,12). The Bertz CT molecular complexity index is 348. The van der Waals surface area contributed by atoms with Crippen LogP contribution < -0.4 is 0 Å². The van der Waals surface area contributed by atoms with Crippen LogP contribution in [0.25, 0.3) is 11.0 Å². The molecule has 0 aliphatic heterocycles. The molecule has 3 heteroatoms. The van der Waals surface area contributed by atoms with E-state index in [4.69, 9.17) is 0 Å². The van der Waals surface area contributed by atoms with Gasteiger partial charge in [-0.15, -0.1) is 0 Å². The molecule has 0 amide bonds. The van der Waals surface area contributed by atoms with Crippen molar-refractivity contribution in [1.29, 1.82) is 0 Å². The van der Waals surface area contributed by atoms with Crippen LogP contribution in [0.4, 0.5) is 0 Å². The molecule has 0 bridgehead atoms. The van der Waals surface area contributed by atoms with Crippen LogP contribution in [0.1, 0.15) is 5.82 Å². The molecule has 0 saturated heterocycles. The van der Waals surface area contributed by atoms with Gasteiger partial charge in [0.2, 0.25) is 0 Å². The van der Waals surface area contributed by atoms with Crippen LogP contribution in [0.2, 0.25) is 0 Å². The second-order valence-corrected chi connectivity index (χ2v) is 3.72. The van der Waals surface area contributed by atoms with Crippen molar-refractivity contribution >= 4 is 33.6 Å². The van der Waals surface area contributed by atoms with Crippen molar-refractivity contribution in [2.45, 2.75) is 6.42 Å². The van der Waals surface area contributed by atoms with E-state index in [1.54, 1.807) is 0 Å². The van der Waals surface area contributed by atoms with Gasteiger partial charge < -0.3 is 4.98 Å². The molecule has 0 aliphatic rings. The first kappa shape index (κ1) is 8.04. The fraction of sp³-hybridized carbons (Fsp3) is 0.222. The van der Waals surface area contributed by atoms with Crippen molar-refractivity contribution in [1.82, 2.24) is 9.97 Å². The minimum absolute atomic E-state index is 1.02. The molecular formula is C9H9IN2. The van der Waals surface area contributed by atoms with E-state index < -0.39 is 0 Å². The number of nitrogens with zero attached hydrogens (tertiary/aromatic N) is 1. The average molecular weight is 272 g/mol. The van der Waals surface area contributed by atoms with Crippen LogP contribution in [0.3, 0.4) is 0 Å². The van der Waals surface area contributed by atoms with Crippen LogP contribution in [0.15, 0.2) is 24.3 Å². The average Bonchev–Trinajstić information content (AvgIpc) is 2.47. The highest BCUT2D eigenvalue weighted by Crippen LogP contribution is 2.10. The van der Waals surface area contributed by atoms with E-state index in [1.165, 1.54) is 0 Å². The monoisotopic (exact) mass is 272 g/mol. The Hall–Kier alpha value is -0.580. The third-order valence-corrected chi connectivity index (χ3v) is 2.31. The Kier molecular flexibility index (Phi) is 2.30. The van der Waals surface area contributed by atoms with Crippen LogP contribution >= 0.6 is 22.6 Å². The van der Waals surface area contributed by atoms with Gasteiger partial charge in [-0.3, -0.25) is 0 Å². The number of imidazole rings is 1. The van der Waals surface area contributed by atoms with Gasteiger partial charge in [-0.25, -0.2) is 4.98 Å². The highest BCUT2D eigenvalue weighted by atomic mass is 127. The molecule has 2 aromatic rings. The third kappa shape index (κ3) is 1.46. The molecule has 1 N–H and O–H groups in total. The van der Waals surface area contributed by atoms with Crippen molar-refractivity contribution in [2.24, 2.45) is 0 Å². The summed E-state index contributed by atoms with van der Waals surface area (Å²) in [6.45, 7) is 0. The first-order valence-corrected chi connectivity index (χ1v) is 5.42. The molecule has 1 heterocycles. The second kappa shape index (κ2) is 3.43. The summed E-state index contributed by atoms with van der Waals surface area (Å²) in [5, 5.41) is 0. The normalized spacial score (nSPS) is 10.8. The van der Waals surface area contributed by atoms with Crippen molar-refractivity contribution in [3.8, 4) is 0 Å². The number of benzene rings is 1. The van der Waals surface area contributed by atoms with E-state index in [0.717, 1.165) is 27.7 Å². The number of H-pyrrole nitrogens is 1. The van der Waals surface area contributed by atoms with E-state index in [-0.39, 0.29) is 0 Å². The van der Waals surface area contributed by atoms with E-state index >= 15 is 0 Å². The number of hydrogen-bond donors (Lipinski definition) is 1. The third-order valence-electron chi connectivity index (χ3n) is 1.77. The summed E-state index contributed by atoms with van der Waals surface area (Å²) >= 11 is 2.36. The van der Waals surface area contributed by atoms with Crippen LogP contribution in [0.5, 0.6) is 0 Å². The Morgan fingerprint density at radius 2 is 2.17 bits per heavy atom. The zero-order valence-corrected chi connectivity index (χ0v) is 8.71. The van der Waals surface area contributed by atoms with Gasteiger partial charge in [-0.05, 0) is 12.1 Å². The number of aromatic amines is 1. The lowest BCUT2D eigenvalue weighted by atomic mass is 10.3. The molecule has 0 radical (unpaired) electrons. The topological polar surface area (TPSA) is 28.7 Å². The second-order valence-electron chi connectivity index (χ2n) is 2.64. The number of para-hydroxylation sites is 2. The number of halogens is 1. The predicted octanol–water partition coefficient (Wildman–Crippen LogP) is 2.54. The number of aryl methyl sites for hydroxylation is 1. The van der Waals surface area contributed by atoms with Crippen molar-refractivity contribution in [3.05, 3.63) is 30.1 Å². The van der Waals surface area contributed by atoms with E-state index in [2.05, 4.69) is 38.6 Å². The van der Waals surface area contributed by atoms with Crippen LogP contribution in [-0.2, 0) is 6.42 Å². The molecule has 0 spiro atoms. The fourth-order valence-electron chi connectivity index (χ4n) is 1.21. The summed E-state index contributed by atoms with van der Waals surface area (Å²) in [5.74, 6) is 1.09. The number of fused-ring (bicyclic) bond motifs is 1. The largest absolute Gasteiger partial charge is 0.342 e. The van der Waals surface area contributed by atoms with E-state index in [9.17, 15) is 0 Å². The van der Waals surface area contributed by atoms with Gasteiger partial charge in [0, 0.05) is 10.8 Å². The van der Waals surface area contributed by atoms with Gasteiger partial charge in [0.25, 0.3) is 0 Å². The predicted molar refractivity (Wildman–Crippen MR) is 58.7 cm³/mol. The molecule has 0 fully saturated rings. The van der Waals surface area contributed by atoms with E-state index in [0.29, 0.717) is 0 Å². The lowest BCUT2D eigenvalue weighted by Crippen LogP contribution is -1.86. The first-order chi connectivity index (χ1) is 5.90. The zero-order chi connectivity index (χ0) is 8.39. The molecule has 1 aromatic heterocycles. The summed E-state index contributed by atoms with van der Waals surface area (Å²) in [4.78, 5) is 7.72. The summed E-state index contributed by atoms with van der Waals surface area (Å²) < 4.78 is 1.11. The molecule has 0 atom stereocenters. The molecule has 62 valence electrons. The summed E-state index contributed by atoms with van der Waals surface area (Å²) in [6.07, 6.45) is 1.02. The maximum absolute atomic E-state index is 4.44. The summed E-state index contributed by atoms with van der Waals surface area (Å²) in [5.41, 5.74) is 2.20. The van der Waals surface area contributed by atoms with Gasteiger partial charge in [0.1, 0.15) is 5.82 Å². The molecule has 0 aliphatic carbocycles. The van der Waals surface area contributed by atoms with Gasteiger partial charge in [0.15, 0.2) is 0 Å². The first-order valence-electron chi connectivity index (χ1n) is 3.90. The Morgan fingerprint density at radius 1 is 1.33 bits per heavy atom. The lowest BCUT2D eigenvalue weighted by Gasteiger charge is -1.85. The van der Waals surface area contributed by atoms with Gasteiger partial charge in [-0.1, -0.05) is 34.7 Å². The Balaban J connectivity index is 2.47. The Labute approximate surface area is 84.5 Å². The molecule has 2 nitrogen and oxygen atoms in total. The molecule has 2 rings (SSSR count). The zero-order valence-electron chi connectivity index (χ0n) is 6.55. The fourth-order valence-corrected chi connectivity index (χ4v) is 1.72.